The minimum Gasteiger partial charge on any atom is -0.383 e. The van der Waals surface area contributed by atoms with Gasteiger partial charge in [0.05, 0.1) is 18.7 Å². The van der Waals surface area contributed by atoms with Crippen molar-refractivity contribution >= 4 is 5.91 Å². The first-order valence-corrected chi connectivity index (χ1v) is 8.47. The SMILES string of the molecule is Cc1nn(C)c(C)c1CC(=O)NCC1(O)CCCc2ccccc21. The molecule has 24 heavy (non-hydrogen) atoms. The molecule has 1 aliphatic rings. The van der Waals surface area contributed by atoms with Crippen LogP contribution in [0.3, 0.4) is 0 Å². The van der Waals surface area contributed by atoms with Crippen LogP contribution in [-0.2, 0) is 30.3 Å². The molecule has 2 N–H and O–H groups in total. The number of aryl methyl sites for hydroxylation is 3. The topological polar surface area (TPSA) is 67.2 Å². The van der Waals surface area contributed by atoms with Crippen LogP contribution >= 0.6 is 0 Å². The summed E-state index contributed by atoms with van der Waals surface area (Å²) in [6.07, 6.45) is 2.89. The van der Waals surface area contributed by atoms with Gasteiger partial charge in [-0.3, -0.25) is 9.48 Å². The van der Waals surface area contributed by atoms with Crippen molar-refractivity contribution in [2.75, 3.05) is 6.54 Å². The van der Waals surface area contributed by atoms with Crippen molar-refractivity contribution in [3.63, 3.8) is 0 Å². The second-order valence-electron chi connectivity index (χ2n) is 6.77. The molecule has 1 aromatic heterocycles. The second kappa shape index (κ2) is 6.40. The van der Waals surface area contributed by atoms with Crippen LogP contribution in [0.4, 0.5) is 0 Å². The highest BCUT2D eigenvalue weighted by Gasteiger charge is 2.34. The van der Waals surface area contributed by atoms with Crippen LogP contribution in [-0.4, -0.2) is 27.3 Å². The molecule has 0 fully saturated rings. The molecule has 0 saturated carbocycles. The summed E-state index contributed by atoms with van der Waals surface area (Å²) in [4.78, 5) is 12.4. The Morgan fingerprint density at radius 1 is 1.38 bits per heavy atom. The van der Waals surface area contributed by atoms with Crippen molar-refractivity contribution in [2.45, 2.75) is 45.1 Å². The summed E-state index contributed by atoms with van der Waals surface area (Å²) >= 11 is 0. The molecular weight excluding hydrogens is 302 g/mol. The molecule has 1 unspecified atom stereocenters. The number of carbonyl (C=O) groups is 1. The Kier molecular flexibility index (Phi) is 4.45. The Morgan fingerprint density at radius 3 is 2.83 bits per heavy atom. The van der Waals surface area contributed by atoms with E-state index in [1.54, 1.807) is 4.68 Å². The van der Waals surface area contributed by atoms with Crippen LogP contribution in [0.1, 0.15) is 40.9 Å². The van der Waals surface area contributed by atoms with E-state index in [0.29, 0.717) is 12.8 Å². The van der Waals surface area contributed by atoms with Crippen LogP contribution in [0.25, 0.3) is 0 Å². The van der Waals surface area contributed by atoms with E-state index < -0.39 is 5.60 Å². The van der Waals surface area contributed by atoms with Crippen LogP contribution < -0.4 is 5.32 Å². The quantitative estimate of drug-likeness (QED) is 0.901. The number of hydrogen-bond donors (Lipinski definition) is 2. The molecule has 0 aliphatic heterocycles. The van der Waals surface area contributed by atoms with Crippen molar-refractivity contribution in [1.29, 1.82) is 0 Å². The standard InChI is InChI=1S/C19H25N3O2/c1-13-16(14(2)22(3)21-13)11-18(23)20-12-19(24)10-6-8-15-7-4-5-9-17(15)19/h4-5,7,9,24H,6,8,10-12H2,1-3H3,(H,20,23). The van der Waals surface area contributed by atoms with Gasteiger partial charge in [0.2, 0.25) is 5.91 Å². The van der Waals surface area contributed by atoms with E-state index in [1.165, 1.54) is 5.56 Å². The van der Waals surface area contributed by atoms with Gasteiger partial charge >= 0.3 is 0 Å². The zero-order chi connectivity index (χ0) is 17.3. The maximum atomic E-state index is 12.4. The summed E-state index contributed by atoms with van der Waals surface area (Å²) < 4.78 is 1.79. The average Bonchev–Trinajstić information content (AvgIpc) is 2.80. The predicted molar refractivity (Wildman–Crippen MR) is 92.7 cm³/mol. The first kappa shape index (κ1) is 16.7. The number of rotatable bonds is 4. The average molecular weight is 327 g/mol. The van der Waals surface area contributed by atoms with Gasteiger partial charge in [-0.15, -0.1) is 0 Å². The van der Waals surface area contributed by atoms with E-state index in [1.807, 2.05) is 39.1 Å². The zero-order valence-corrected chi connectivity index (χ0v) is 14.6. The molecule has 5 nitrogen and oxygen atoms in total. The molecule has 1 atom stereocenters. The fraction of sp³-hybridized carbons (Fsp3) is 0.474. The molecule has 1 aliphatic carbocycles. The minimum atomic E-state index is -0.969. The van der Waals surface area contributed by atoms with Crippen molar-refractivity contribution in [2.24, 2.45) is 7.05 Å². The Hall–Kier alpha value is -2.14. The van der Waals surface area contributed by atoms with Crippen LogP contribution in [0.5, 0.6) is 0 Å². The van der Waals surface area contributed by atoms with E-state index in [0.717, 1.165) is 35.4 Å². The lowest BCUT2D eigenvalue weighted by Crippen LogP contribution is -2.43. The van der Waals surface area contributed by atoms with Gasteiger partial charge in [-0.2, -0.15) is 5.10 Å². The smallest absolute Gasteiger partial charge is 0.224 e. The zero-order valence-electron chi connectivity index (χ0n) is 14.6. The number of nitrogens with zero attached hydrogens (tertiary/aromatic N) is 2. The summed E-state index contributed by atoms with van der Waals surface area (Å²) in [5, 5.41) is 18.3. The lowest BCUT2D eigenvalue weighted by atomic mass is 9.79. The monoisotopic (exact) mass is 327 g/mol. The fourth-order valence-corrected chi connectivity index (χ4v) is 3.62. The molecule has 1 aromatic carbocycles. The molecule has 0 spiro atoms. The summed E-state index contributed by atoms with van der Waals surface area (Å²) in [6, 6.07) is 7.97. The Bertz CT molecular complexity index is 766. The first-order chi connectivity index (χ1) is 11.4. The fourth-order valence-electron chi connectivity index (χ4n) is 3.62. The van der Waals surface area contributed by atoms with Crippen molar-refractivity contribution in [1.82, 2.24) is 15.1 Å². The van der Waals surface area contributed by atoms with Gasteiger partial charge in [0, 0.05) is 18.3 Å². The maximum absolute atomic E-state index is 12.4. The highest BCUT2D eigenvalue weighted by molar-refractivity contribution is 5.79. The van der Waals surface area contributed by atoms with Crippen molar-refractivity contribution in [3.05, 3.63) is 52.3 Å². The molecule has 0 saturated heterocycles. The van der Waals surface area contributed by atoms with E-state index in [4.69, 9.17) is 0 Å². The Balaban J connectivity index is 1.69. The normalized spacial score (nSPS) is 19.8. The largest absolute Gasteiger partial charge is 0.383 e. The van der Waals surface area contributed by atoms with E-state index in [9.17, 15) is 9.90 Å². The molecular formula is C19H25N3O2. The highest BCUT2D eigenvalue weighted by atomic mass is 16.3. The van der Waals surface area contributed by atoms with Crippen molar-refractivity contribution < 1.29 is 9.90 Å². The molecule has 0 bridgehead atoms. The van der Waals surface area contributed by atoms with Gasteiger partial charge in [0.1, 0.15) is 5.60 Å². The van der Waals surface area contributed by atoms with Gasteiger partial charge in [-0.25, -0.2) is 0 Å². The summed E-state index contributed by atoms with van der Waals surface area (Å²) in [5.74, 6) is -0.0781. The Morgan fingerprint density at radius 2 is 2.12 bits per heavy atom. The highest BCUT2D eigenvalue weighted by Crippen LogP contribution is 2.34. The number of hydrogen-bond acceptors (Lipinski definition) is 3. The van der Waals surface area contributed by atoms with Gasteiger partial charge < -0.3 is 10.4 Å². The lowest BCUT2D eigenvalue weighted by molar-refractivity contribution is -0.122. The van der Waals surface area contributed by atoms with Gasteiger partial charge in [0.15, 0.2) is 0 Å². The molecule has 128 valence electrons. The van der Waals surface area contributed by atoms with E-state index in [2.05, 4.69) is 16.5 Å². The second-order valence-corrected chi connectivity index (χ2v) is 6.77. The Labute approximate surface area is 142 Å². The van der Waals surface area contributed by atoms with E-state index in [-0.39, 0.29) is 12.5 Å². The molecule has 1 amide bonds. The third kappa shape index (κ3) is 3.08. The lowest BCUT2D eigenvalue weighted by Gasteiger charge is -2.34. The van der Waals surface area contributed by atoms with Crippen molar-refractivity contribution in [3.8, 4) is 0 Å². The van der Waals surface area contributed by atoms with Crippen LogP contribution in [0.2, 0.25) is 0 Å². The number of aliphatic hydroxyl groups is 1. The summed E-state index contributed by atoms with van der Waals surface area (Å²) in [7, 11) is 1.88. The predicted octanol–water partition coefficient (Wildman–Crippen LogP) is 1.92. The molecule has 3 rings (SSSR count). The molecule has 0 radical (unpaired) electrons. The third-order valence-electron chi connectivity index (χ3n) is 5.13. The van der Waals surface area contributed by atoms with E-state index >= 15 is 0 Å². The third-order valence-corrected chi connectivity index (χ3v) is 5.13. The van der Waals surface area contributed by atoms with Gasteiger partial charge in [-0.05, 0) is 44.2 Å². The number of amides is 1. The molecule has 2 aromatic rings. The number of carbonyl (C=O) groups excluding carboxylic acids is 1. The van der Waals surface area contributed by atoms with Gasteiger partial charge in [0.25, 0.3) is 0 Å². The molecule has 5 heteroatoms. The maximum Gasteiger partial charge on any atom is 0.224 e. The minimum absolute atomic E-state index is 0.0781. The molecule has 1 heterocycles. The van der Waals surface area contributed by atoms with Crippen LogP contribution in [0, 0.1) is 13.8 Å². The van der Waals surface area contributed by atoms with Gasteiger partial charge in [-0.1, -0.05) is 24.3 Å². The number of benzene rings is 1. The number of nitrogens with one attached hydrogen (secondary N) is 1. The summed E-state index contributed by atoms with van der Waals surface area (Å²) in [6.45, 7) is 4.13. The first-order valence-electron chi connectivity index (χ1n) is 8.47. The summed E-state index contributed by atoms with van der Waals surface area (Å²) in [5.41, 5.74) is 4.01. The number of fused-ring (bicyclic) bond motifs is 1. The number of aromatic nitrogens is 2. The van der Waals surface area contributed by atoms with Crippen LogP contribution in [0.15, 0.2) is 24.3 Å².